The van der Waals surface area contributed by atoms with E-state index < -0.39 is 0 Å². The number of aryl methyl sites for hydroxylation is 1. The van der Waals surface area contributed by atoms with Crippen LogP contribution >= 0.6 is 11.3 Å². The molecule has 3 rings (SSSR count). The minimum atomic E-state index is -0.252. The lowest BCUT2D eigenvalue weighted by Gasteiger charge is -2.03. The van der Waals surface area contributed by atoms with Gasteiger partial charge in [-0.15, -0.1) is 11.3 Å². The molecule has 0 aliphatic rings. The van der Waals surface area contributed by atoms with Gasteiger partial charge in [-0.25, -0.2) is 4.39 Å². The second kappa shape index (κ2) is 7.83. The topological polar surface area (TPSA) is 68.0 Å². The summed E-state index contributed by atoms with van der Waals surface area (Å²) in [5.74, 6) is 0.585. The molecule has 1 amide bonds. The highest BCUT2D eigenvalue weighted by Gasteiger charge is 2.10. The molecule has 0 bridgehead atoms. The maximum absolute atomic E-state index is 12.8. The Hall–Kier alpha value is -2.54. The molecule has 2 heterocycles. The molecule has 0 saturated heterocycles. The number of rotatable bonds is 7. The van der Waals surface area contributed by atoms with Gasteiger partial charge in [-0.3, -0.25) is 4.79 Å². The number of thiophene rings is 1. The van der Waals surface area contributed by atoms with Crippen LogP contribution in [-0.4, -0.2) is 16.0 Å². The first-order valence-corrected chi connectivity index (χ1v) is 8.46. The average molecular weight is 345 g/mol. The van der Waals surface area contributed by atoms with Gasteiger partial charge < -0.3 is 9.84 Å². The number of nitrogens with zero attached hydrogens (tertiary/aromatic N) is 2. The standard InChI is InChI=1S/C17H16FN3O2S/c18-13-8-6-12(7-9-13)3-1-5-15(22)19-11-16-20-17(21-23-16)14-4-2-10-24-14/h2,4,6-10H,1,3,5,11H2,(H,19,22). The third kappa shape index (κ3) is 4.48. The zero-order valence-corrected chi connectivity index (χ0v) is 13.7. The molecule has 0 fully saturated rings. The Morgan fingerprint density at radius 2 is 2.08 bits per heavy atom. The van der Waals surface area contributed by atoms with E-state index in [2.05, 4.69) is 15.5 Å². The van der Waals surface area contributed by atoms with E-state index in [1.165, 1.54) is 23.5 Å². The summed E-state index contributed by atoms with van der Waals surface area (Å²) in [4.78, 5) is 17.0. The van der Waals surface area contributed by atoms with Crippen LogP contribution in [0.15, 0.2) is 46.3 Å². The van der Waals surface area contributed by atoms with E-state index in [1.54, 1.807) is 12.1 Å². The average Bonchev–Trinajstić information content (AvgIpc) is 3.26. The van der Waals surface area contributed by atoms with Crippen LogP contribution in [0.3, 0.4) is 0 Å². The lowest BCUT2D eigenvalue weighted by atomic mass is 10.1. The van der Waals surface area contributed by atoms with Crippen molar-refractivity contribution in [3.05, 3.63) is 59.0 Å². The molecular weight excluding hydrogens is 329 g/mol. The zero-order chi connectivity index (χ0) is 16.8. The van der Waals surface area contributed by atoms with Gasteiger partial charge in [-0.2, -0.15) is 4.98 Å². The Morgan fingerprint density at radius 1 is 1.25 bits per heavy atom. The molecule has 0 aliphatic carbocycles. The van der Waals surface area contributed by atoms with Crippen molar-refractivity contribution >= 4 is 17.2 Å². The number of amides is 1. The molecule has 1 N–H and O–H groups in total. The number of carbonyl (C=O) groups is 1. The van der Waals surface area contributed by atoms with Crippen LogP contribution in [0, 0.1) is 5.82 Å². The van der Waals surface area contributed by atoms with Gasteiger partial charge in [0.15, 0.2) is 0 Å². The largest absolute Gasteiger partial charge is 0.347 e. The summed E-state index contributed by atoms with van der Waals surface area (Å²) < 4.78 is 17.9. The van der Waals surface area contributed by atoms with Gasteiger partial charge in [0, 0.05) is 6.42 Å². The highest BCUT2D eigenvalue weighted by molar-refractivity contribution is 7.13. The van der Waals surface area contributed by atoms with Crippen LogP contribution in [0.1, 0.15) is 24.3 Å². The van der Waals surface area contributed by atoms with Crippen molar-refractivity contribution in [2.75, 3.05) is 0 Å². The van der Waals surface area contributed by atoms with Crippen molar-refractivity contribution in [2.24, 2.45) is 0 Å². The molecule has 0 saturated carbocycles. The predicted octanol–water partition coefficient (Wildman–Crippen LogP) is 3.58. The van der Waals surface area contributed by atoms with Crippen LogP contribution in [0.2, 0.25) is 0 Å². The third-order valence-corrected chi connectivity index (χ3v) is 4.29. The minimum Gasteiger partial charge on any atom is -0.347 e. The summed E-state index contributed by atoms with van der Waals surface area (Å²) in [6.07, 6.45) is 1.82. The Labute approximate surface area is 142 Å². The highest BCUT2D eigenvalue weighted by atomic mass is 32.1. The number of nitrogens with one attached hydrogen (secondary N) is 1. The fourth-order valence-electron chi connectivity index (χ4n) is 2.20. The lowest BCUT2D eigenvalue weighted by Crippen LogP contribution is -2.22. The highest BCUT2D eigenvalue weighted by Crippen LogP contribution is 2.21. The van der Waals surface area contributed by atoms with Crippen LogP contribution < -0.4 is 5.32 Å². The molecule has 0 radical (unpaired) electrons. The number of halogens is 1. The smallest absolute Gasteiger partial charge is 0.246 e. The molecule has 0 unspecified atom stereocenters. The predicted molar refractivity (Wildman–Crippen MR) is 88.8 cm³/mol. The molecule has 124 valence electrons. The fourth-order valence-corrected chi connectivity index (χ4v) is 2.85. The molecule has 7 heteroatoms. The Morgan fingerprint density at radius 3 is 2.83 bits per heavy atom. The molecule has 0 atom stereocenters. The van der Waals surface area contributed by atoms with Gasteiger partial charge in [0.1, 0.15) is 5.82 Å². The molecular formula is C17H16FN3O2S. The summed E-state index contributed by atoms with van der Waals surface area (Å²) >= 11 is 1.53. The number of aromatic nitrogens is 2. The summed E-state index contributed by atoms with van der Waals surface area (Å²) in [5, 5.41) is 8.59. The van der Waals surface area contributed by atoms with Gasteiger partial charge in [0.2, 0.25) is 17.6 Å². The molecule has 0 aliphatic heterocycles. The number of hydrogen-bond donors (Lipinski definition) is 1. The van der Waals surface area contributed by atoms with Gasteiger partial charge in [-0.1, -0.05) is 23.4 Å². The lowest BCUT2D eigenvalue weighted by molar-refractivity contribution is -0.121. The molecule has 3 aromatic rings. The van der Waals surface area contributed by atoms with E-state index in [0.717, 1.165) is 16.9 Å². The first-order valence-electron chi connectivity index (χ1n) is 7.58. The quantitative estimate of drug-likeness (QED) is 0.711. The third-order valence-electron chi connectivity index (χ3n) is 3.43. The van der Waals surface area contributed by atoms with Crippen molar-refractivity contribution in [3.63, 3.8) is 0 Å². The van der Waals surface area contributed by atoms with Crippen molar-refractivity contribution in [2.45, 2.75) is 25.8 Å². The minimum absolute atomic E-state index is 0.0759. The van der Waals surface area contributed by atoms with E-state index in [0.29, 0.717) is 24.6 Å². The summed E-state index contributed by atoms with van der Waals surface area (Å²) in [6.45, 7) is 0.216. The monoisotopic (exact) mass is 345 g/mol. The SMILES string of the molecule is O=C(CCCc1ccc(F)cc1)NCc1nc(-c2cccs2)no1. The fraction of sp³-hybridized carbons (Fsp3) is 0.235. The van der Waals surface area contributed by atoms with Gasteiger partial charge in [-0.05, 0) is 42.0 Å². The van der Waals surface area contributed by atoms with Gasteiger partial charge in [0.05, 0.1) is 11.4 Å². The van der Waals surface area contributed by atoms with E-state index in [1.807, 2.05) is 17.5 Å². The van der Waals surface area contributed by atoms with E-state index in [9.17, 15) is 9.18 Å². The Kier molecular flexibility index (Phi) is 5.32. The van der Waals surface area contributed by atoms with E-state index in [4.69, 9.17) is 4.52 Å². The summed E-state index contributed by atoms with van der Waals surface area (Å²) in [5.41, 5.74) is 1.02. The van der Waals surface area contributed by atoms with Crippen LogP contribution in [0.25, 0.3) is 10.7 Å². The first-order chi connectivity index (χ1) is 11.7. The molecule has 0 spiro atoms. The Bertz CT molecular complexity index is 785. The molecule has 2 aromatic heterocycles. The number of benzene rings is 1. The first kappa shape index (κ1) is 16.3. The number of hydrogen-bond acceptors (Lipinski definition) is 5. The second-order valence-corrected chi connectivity index (χ2v) is 6.19. The maximum atomic E-state index is 12.8. The normalized spacial score (nSPS) is 10.7. The van der Waals surface area contributed by atoms with Crippen LogP contribution in [0.4, 0.5) is 4.39 Å². The summed E-state index contributed by atoms with van der Waals surface area (Å²) in [7, 11) is 0. The van der Waals surface area contributed by atoms with Crippen molar-refractivity contribution in [1.82, 2.24) is 15.5 Å². The molecule has 1 aromatic carbocycles. The van der Waals surface area contributed by atoms with Crippen molar-refractivity contribution in [3.8, 4) is 10.7 Å². The molecule has 5 nitrogen and oxygen atoms in total. The molecule has 24 heavy (non-hydrogen) atoms. The maximum Gasteiger partial charge on any atom is 0.246 e. The van der Waals surface area contributed by atoms with E-state index >= 15 is 0 Å². The van der Waals surface area contributed by atoms with E-state index in [-0.39, 0.29) is 18.3 Å². The van der Waals surface area contributed by atoms with Gasteiger partial charge in [0.25, 0.3) is 0 Å². The summed E-state index contributed by atoms with van der Waals surface area (Å²) in [6, 6.07) is 10.1. The van der Waals surface area contributed by atoms with Crippen molar-refractivity contribution in [1.29, 1.82) is 0 Å². The Balaban J connectivity index is 1.40. The van der Waals surface area contributed by atoms with Crippen LogP contribution in [-0.2, 0) is 17.8 Å². The van der Waals surface area contributed by atoms with Crippen LogP contribution in [0.5, 0.6) is 0 Å². The van der Waals surface area contributed by atoms with Gasteiger partial charge >= 0.3 is 0 Å². The van der Waals surface area contributed by atoms with Crippen molar-refractivity contribution < 1.29 is 13.7 Å². The number of carbonyl (C=O) groups excluding carboxylic acids is 1. The zero-order valence-electron chi connectivity index (χ0n) is 12.9. The second-order valence-electron chi connectivity index (χ2n) is 5.25.